The van der Waals surface area contributed by atoms with Crippen LogP contribution in [0.15, 0.2) is 60.5 Å². The molecular formula is C18H22N4S. The van der Waals surface area contributed by atoms with Gasteiger partial charge >= 0.3 is 0 Å². The Morgan fingerprint density at radius 1 is 1.17 bits per heavy atom. The Balaban J connectivity index is 1.60. The van der Waals surface area contributed by atoms with Gasteiger partial charge in [-0.25, -0.2) is 4.98 Å². The Morgan fingerprint density at radius 2 is 2.04 bits per heavy atom. The van der Waals surface area contributed by atoms with Gasteiger partial charge in [0.15, 0.2) is 0 Å². The van der Waals surface area contributed by atoms with E-state index in [0.717, 1.165) is 26.1 Å². The van der Waals surface area contributed by atoms with Crippen molar-refractivity contribution in [2.45, 2.75) is 13.0 Å². The van der Waals surface area contributed by atoms with Crippen molar-refractivity contribution in [1.82, 2.24) is 14.5 Å². The standard InChI is InChI=1S/C18H22N4S/c19-7-10-21(9-6-16-4-2-1-3-5-16)13-18-12-17(14-23-18)22-11-8-20-15-22/h1-5,8,11-12,14-15H,6-7,9-10,13,19H2. The molecule has 3 rings (SSSR count). The van der Waals surface area contributed by atoms with Crippen molar-refractivity contribution in [1.29, 1.82) is 0 Å². The first-order chi connectivity index (χ1) is 11.3. The van der Waals surface area contributed by atoms with Crippen molar-refractivity contribution in [3.63, 3.8) is 0 Å². The van der Waals surface area contributed by atoms with Gasteiger partial charge in [-0.05, 0) is 18.1 Å². The van der Waals surface area contributed by atoms with Crippen LogP contribution in [0.1, 0.15) is 10.4 Å². The van der Waals surface area contributed by atoms with Gasteiger partial charge in [-0.2, -0.15) is 0 Å². The highest BCUT2D eigenvalue weighted by Crippen LogP contribution is 2.20. The van der Waals surface area contributed by atoms with Gasteiger partial charge < -0.3 is 10.3 Å². The molecule has 0 saturated carbocycles. The van der Waals surface area contributed by atoms with Gasteiger partial charge in [-0.1, -0.05) is 30.3 Å². The fourth-order valence-electron chi connectivity index (χ4n) is 2.60. The van der Waals surface area contributed by atoms with Crippen LogP contribution in [0.25, 0.3) is 5.69 Å². The van der Waals surface area contributed by atoms with Crippen LogP contribution in [0, 0.1) is 0 Å². The van der Waals surface area contributed by atoms with E-state index in [9.17, 15) is 0 Å². The van der Waals surface area contributed by atoms with Gasteiger partial charge in [0.25, 0.3) is 0 Å². The first-order valence-corrected chi connectivity index (χ1v) is 8.75. The lowest BCUT2D eigenvalue weighted by atomic mass is 10.1. The van der Waals surface area contributed by atoms with Gasteiger partial charge in [0.2, 0.25) is 0 Å². The molecule has 0 amide bonds. The Morgan fingerprint density at radius 3 is 2.78 bits per heavy atom. The molecule has 0 atom stereocenters. The molecule has 0 saturated heterocycles. The maximum atomic E-state index is 5.78. The van der Waals surface area contributed by atoms with Gasteiger partial charge in [0.05, 0.1) is 12.0 Å². The van der Waals surface area contributed by atoms with Crippen molar-refractivity contribution in [2.24, 2.45) is 5.73 Å². The third kappa shape index (κ3) is 4.51. The smallest absolute Gasteiger partial charge is 0.0991 e. The number of imidazole rings is 1. The zero-order valence-corrected chi connectivity index (χ0v) is 14.0. The largest absolute Gasteiger partial charge is 0.329 e. The average Bonchev–Trinajstić information content (AvgIpc) is 3.25. The molecule has 120 valence electrons. The van der Waals surface area contributed by atoms with Crippen LogP contribution in [0.5, 0.6) is 0 Å². The second-order valence-corrected chi connectivity index (χ2v) is 6.54. The molecule has 5 heteroatoms. The van der Waals surface area contributed by atoms with Crippen molar-refractivity contribution in [2.75, 3.05) is 19.6 Å². The van der Waals surface area contributed by atoms with E-state index in [2.05, 4.69) is 51.7 Å². The topological polar surface area (TPSA) is 47.1 Å². The Bertz CT molecular complexity index is 691. The van der Waals surface area contributed by atoms with Gasteiger partial charge in [-0.15, -0.1) is 11.3 Å². The van der Waals surface area contributed by atoms with Gasteiger partial charge in [0.1, 0.15) is 0 Å². The maximum absolute atomic E-state index is 5.78. The van der Waals surface area contributed by atoms with Crippen LogP contribution >= 0.6 is 11.3 Å². The summed E-state index contributed by atoms with van der Waals surface area (Å²) >= 11 is 1.79. The number of benzene rings is 1. The van der Waals surface area contributed by atoms with Crippen LogP contribution in [-0.2, 0) is 13.0 Å². The summed E-state index contributed by atoms with van der Waals surface area (Å²) in [6.07, 6.45) is 6.66. The zero-order valence-electron chi connectivity index (χ0n) is 13.1. The monoisotopic (exact) mass is 326 g/mol. The minimum absolute atomic E-state index is 0.689. The highest BCUT2D eigenvalue weighted by Gasteiger charge is 2.08. The average molecular weight is 326 g/mol. The van der Waals surface area contributed by atoms with Crippen molar-refractivity contribution in [3.8, 4) is 5.69 Å². The van der Waals surface area contributed by atoms with E-state index < -0.39 is 0 Å². The highest BCUT2D eigenvalue weighted by atomic mass is 32.1. The number of hydrogen-bond acceptors (Lipinski definition) is 4. The summed E-state index contributed by atoms with van der Waals surface area (Å²) in [6, 6.07) is 12.9. The summed E-state index contributed by atoms with van der Waals surface area (Å²) in [5, 5.41) is 2.18. The molecule has 2 N–H and O–H groups in total. The van der Waals surface area contributed by atoms with Crippen LogP contribution in [0.3, 0.4) is 0 Å². The van der Waals surface area contributed by atoms with E-state index >= 15 is 0 Å². The number of nitrogens with zero attached hydrogens (tertiary/aromatic N) is 3. The van der Waals surface area contributed by atoms with E-state index in [4.69, 9.17) is 5.73 Å². The minimum Gasteiger partial charge on any atom is -0.329 e. The molecule has 2 aromatic heterocycles. The number of rotatable bonds is 8. The predicted octanol–water partition coefficient (Wildman–Crippen LogP) is 2.94. The Labute approximate surface area is 141 Å². The number of hydrogen-bond donors (Lipinski definition) is 1. The van der Waals surface area contributed by atoms with Crippen LogP contribution in [0.2, 0.25) is 0 Å². The lowest BCUT2D eigenvalue weighted by Gasteiger charge is -2.20. The third-order valence-corrected chi connectivity index (χ3v) is 4.74. The molecule has 0 spiro atoms. The molecule has 0 fully saturated rings. The number of thiophene rings is 1. The lowest BCUT2D eigenvalue weighted by molar-refractivity contribution is 0.279. The predicted molar refractivity (Wildman–Crippen MR) is 95.9 cm³/mol. The molecule has 3 aromatic rings. The van der Waals surface area contributed by atoms with Crippen molar-refractivity contribution < 1.29 is 0 Å². The van der Waals surface area contributed by atoms with E-state index in [0.29, 0.717) is 6.54 Å². The number of nitrogens with two attached hydrogens (primary N) is 1. The summed E-state index contributed by atoms with van der Waals surface area (Å²) < 4.78 is 2.04. The fourth-order valence-corrected chi connectivity index (χ4v) is 3.51. The molecule has 1 aromatic carbocycles. The third-order valence-electron chi connectivity index (χ3n) is 3.83. The van der Waals surface area contributed by atoms with E-state index in [1.165, 1.54) is 16.1 Å². The quantitative estimate of drug-likeness (QED) is 0.692. The maximum Gasteiger partial charge on any atom is 0.0991 e. The first-order valence-electron chi connectivity index (χ1n) is 7.87. The zero-order chi connectivity index (χ0) is 15.9. The molecule has 0 radical (unpaired) electrons. The first kappa shape index (κ1) is 15.9. The summed E-state index contributed by atoms with van der Waals surface area (Å²) in [5.41, 5.74) is 8.34. The second kappa shape index (κ2) is 8.06. The summed E-state index contributed by atoms with van der Waals surface area (Å²) in [7, 11) is 0. The van der Waals surface area contributed by atoms with Crippen molar-refractivity contribution >= 4 is 11.3 Å². The van der Waals surface area contributed by atoms with E-state index in [1.54, 1.807) is 17.5 Å². The van der Waals surface area contributed by atoms with E-state index in [1.807, 2.05) is 17.1 Å². The second-order valence-electron chi connectivity index (χ2n) is 5.54. The molecule has 0 aliphatic rings. The molecule has 0 aliphatic carbocycles. The summed E-state index contributed by atoms with van der Waals surface area (Å²) in [5.74, 6) is 0. The molecule has 4 nitrogen and oxygen atoms in total. The number of aromatic nitrogens is 2. The normalized spacial score (nSPS) is 11.2. The molecule has 0 unspecified atom stereocenters. The Hall–Kier alpha value is -1.95. The molecule has 23 heavy (non-hydrogen) atoms. The fraction of sp³-hybridized carbons (Fsp3) is 0.278. The SMILES string of the molecule is NCCN(CCc1ccccc1)Cc1cc(-n2ccnc2)cs1. The van der Waals surface area contributed by atoms with Crippen LogP contribution < -0.4 is 5.73 Å². The minimum atomic E-state index is 0.689. The van der Waals surface area contributed by atoms with Gasteiger partial charge in [0, 0.05) is 48.8 Å². The molecular weight excluding hydrogens is 304 g/mol. The highest BCUT2D eigenvalue weighted by molar-refractivity contribution is 7.10. The van der Waals surface area contributed by atoms with Crippen molar-refractivity contribution in [3.05, 3.63) is 70.9 Å². The molecule has 2 heterocycles. The van der Waals surface area contributed by atoms with Crippen LogP contribution in [-0.4, -0.2) is 34.1 Å². The summed E-state index contributed by atoms with van der Waals surface area (Å²) in [4.78, 5) is 7.89. The Kier molecular flexibility index (Phi) is 5.58. The lowest BCUT2D eigenvalue weighted by Crippen LogP contribution is -2.30. The molecule has 0 bridgehead atoms. The summed E-state index contributed by atoms with van der Waals surface area (Å²) in [6.45, 7) is 3.59. The van der Waals surface area contributed by atoms with Crippen LogP contribution in [0.4, 0.5) is 0 Å². The van der Waals surface area contributed by atoms with Gasteiger partial charge in [-0.3, -0.25) is 4.90 Å². The van der Waals surface area contributed by atoms with E-state index in [-0.39, 0.29) is 0 Å². The molecule has 0 aliphatic heterocycles.